The fraction of sp³-hybridized carbons (Fsp3) is 0.300. The van der Waals surface area contributed by atoms with E-state index in [2.05, 4.69) is 0 Å². The number of rotatable bonds is 4. The van der Waals surface area contributed by atoms with Crippen LogP contribution in [0.4, 0.5) is 0 Å². The average Bonchev–Trinajstić information content (AvgIpc) is 2.22. The van der Waals surface area contributed by atoms with Gasteiger partial charge in [-0.3, -0.25) is 0 Å². The van der Waals surface area contributed by atoms with Crippen LogP contribution >= 0.6 is 22.6 Å². The lowest BCUT2D eigenvalue weighted by Gasteiger charge is -2.06. The molecule has 0 fully saturated rings. The molecule has 82 valence electrons. The molecule has 0 aliphatic carbocycles. The molecule has 5 heteroatoms. The number of carbonyl (C=O) groups is 1. The van der Waals surface area contributed by atoms with E-state index in [1.807, 2.05) is 22.6 Å². The third-order valence-corrected chi connectivity index (χ3v) is 3.52. The van der Waals surface area contributed by atoms with Crippen LogP contribution in [0.1, 0.15) is 16.8 Å². The molecule has 0 saturated carbocycles. The Balaban J connectivity index is 2.69. The predicted octanol–water partition coefficient (Wildman–Crippen LogP) is 1.33. The maximum Gasteiger partial charge on any atom is 0.341 e. The third-order valence-electron chi connectivity index (χ3n) is 1.94. The van der Waals surface area contributed by atoms with Gasteiger partial charge in [0, 0.05) is 10.2 Å². The van der Waals surface area contributed by atoms with Gasteiger partial charge in [-0.05, 0) is 41.1 Å². The first-order chi connectivity index (χ1) is 7.16. The Morgan fingerprint density at radius 1 is 1.53 bits per heavy atom. The van der Waals surface area contributed by atoms with Gasteiger partial charge in [0.05, 0.1) is 10.2 Å². The van der Waals surface area contributed by atoms with Crippen molar-refractivity contribution < 1.29 is 14.6 Å². The molecule has 0 radical (unpaired) electrons. The standard InChI is InChI=1S/C10H13IO3Si/c11-8-4-1-3-7(9(8)12)10(13)14-5-2-6-15/h1,3-4,12H,2,5-6H2,15H3. The average molecular weight is 336 g/mol. The molecule has 0 spiro atoms. The van der Waals surface area contributed by atoms with Crippen molar-refractivity contribution in [2.24, 2.45) is 0 Å². The monoisotopic (exact) mass is 336 g/mol. The van der Waals surface area contributed by atoms with E-state index >= 15 is 0 Å². The van der Waals surface area contributed by atoms with Crippen LogP contribution in [0.15, 0.2) is 18.2 Å². The van der Waals surface area contributed by atoms with Gasteiger partial charge >= 0.3 is 5.97 Å². The van der Waals surface area contributed by atoms with E-state index in [1.54, 1.807) is 18.2 Å². The minimum atomic E-state index is -0.443. The first kappa shape index (κ1) is 12.5. The van der Waals surface area contributed by atoms with Crippen molar-refractivity contribution in [3.8, 4) is 5.75 Å². The first-order valence-electron chi connectivity index (χ1n) is 4.81. The number of para-hydroxylation sites is 1. The van der Waals surface area contributed by atoms with Crippen molar-refractivity contribution >= 4 is 38.8 Å². The van der Waals surface area contributed by atoms with Gasteiger partial charge in [0.25, 0.3) is 0 Å². The molecule has 1 aromatic carbocycles. The maximum atomic E-state index is 11.5. The molecule has 0 heterocycles. The summed E-state index contributed by atoms with van der Waals surface area (Å²) in [6, 6.07) is 6.15. The molecule has 1 N–H and O–H groups in total. The fourth-order valence-corrected chi connectivity index (χ4v) is 1.85. The Morgan fingerprint density at radius 3 is 2.93 bits per heavy atom. The smallest absolute Gasteiger partial charge is 0.341 e. The van der Waals surface area contributed by atoms with Crippen LogP contribution in [-0.2, 0) is 4.74 Å². The topological polar surface area (TPSA) is 46.5 Å². The van der Waals surface area contributed by atoms with Crippen molar-refractivity contribution in [2.75, 3.05) is 6.61 Å². The van der Waals surface area contributed by atoms with Crippen molar-refractivity contribution in [3.63, 3.8) is 0 Å². The lowest BCUT2D eigenvalue weighted by molar-refractivity contribution is 0.0502. The van der Waals surface area contributed by atoms with Crippen LogP contribution in [-0.4, -0.2) is 27.9 Å². The number of esters is 1. The summed E-state index contributed by atoms with van der Waals surface area (Å²) in [5.74, 6) is -0.435. The van der Waals surface area contributed by atoms with Crippen LogP contribution in [0.2, 0.25) is 6.04 Å². The van der Waals surface area contributed by atoms with Crippen LogP contribution in [0.5, 0.6) is 5.75 Å². The summed E-state index contributed by atoms with van der Waals surface area (Å²) < 4.78 is 5.68. The number of halogens is 1. The molecule has 1 aromatic rings. The molecule has 0 unspecified atom stereocenters. The number of hydrogen-bond acceptors (Lipinski definition) is 3. The van der Waals surface area contributed by atoms with Crippen molar-refractivity contribution in [1.29, 1.82) is 0 Å². The van der Waals surface area contributed by atoms with E-state index < -0.39 is 5.97 Å². The maximum absolute atomic E-state index is 11.5. The van der Waals surface area contributed by atoms with Gasteiger partial charge in [0.15, 0.2) is 0 Å². The zero-order valence-electron chi connectivity index (χ0n) is 8.50. The highest BCUT2D eigenvalue weighted by Gasteiger charge is 2.13. The van der Waals surface area contributed by atoms with Gasteiger partial charge in [0.1, 0.15) is 11.3 Å². The summed E-state index contributed by atoms with van der Waals surface area (Å²) in [7, 11) is 1.12. The molecule has 0 aliphatic rings. The minimum Gasteiger partial charge on any atom is -0.506 e. The molecule has 0 atom stereocenters. The van der Waals surface area contributed by atoms with Gasteiger partial charge in [-0.1, -0.05) is 12.1 Å². The highest BCUT2D eigenvalue weighted by Crippen LogP contribution is 2.24. The molecule has 15 heavy (non-hydrogen) atoms. The van der Waals surface area contributed by atoms with E-state index in [4.69, 9.17) is 4.74 Å². The summed E-state index contributed by atoms with van der Waals surface area (Å²) in [5, 5.41) is 9.62. The zero-order chi connectivity index (χ0) is 11.3. The molecule has 0 saturated heterocycles. The predicted molar refractivity (Wildman–Crippen MR) is 70.5 cm³/mol. The van der Waals surface area contributed by atoms with Crippen molar-refractivity contribution in [3.05, 3.63) is 27.3 Å². The summed E-state index contributed by atoms with van der Waals surface area (Å²) >= 11 is 1.98. The van der Waals surface area contributed by atoms with Crippen molar-refractivity contribution in [1.82, 2.24) is 0 Å². The van der Waals surface area contributed by atoms with Crippen LogP contribution in [0.25, 0.3) is 0 Å². The zero-order valence-corrected chi connectivity index (χ0v) is 12.7. The molecular weight excluding hydrogens is 323 g/mol. The van der Waals surface area contributed by atoms with Crippen LogP contribution in [0, 0.1) is 3.57 Å². The summed E-state index contributed by atoms with van der Waals surface area (Å²) in [4.78, 5) is 11.5. The largest absolute Gasteiger partial charge is 0.506 e. The summed E-state index contributed by atoms with van der Waals surface area (Å²) in [5.41, 5.74) is 0.246. The molecule has 0 bridgehead atoms. The second-order valence-corrected chi connectivity index (χ2v) is 5.29. The van der Waals surface area contributed by atoms with E-state index in [0.29, 0.717) is 10.2 Å². The lowest BCUT2D eigenvalue weighted by Crippen LogP contribution is -2.07. The van der Waals surface area contributed by atoms with Crippen LogP contribution in [0.3, 0.4) is 0 Å². The second-order valence-electron chi connectivity index (χ2n) is 3.13. The minimum absolute atomic E-state index is 0.00831. The van der Waals surface area contributed by atoms with Gasteiger partial charge < -0.3 is 9.84 Å². The molecule has 0 aliphatic heterocycles. The van der Waals surface area contributed by atoms with E-state index in [0.717, 1.165) is 22.7 Å². The Bertz CT molecular complexity index is 355. The Hall–Kier alpha value is -0.563. The Morgan fingerprint density at radius 2 is 2.27 bits per heavy atom. The van der Waals surface area contributed by atoms with Crippen LogP contribution < -0.4 is 0 Å². The molecule has 1 rings (SSSR count). The van der Waals surface area contributed by atoms with Crippen molar-refractivity contribution in [2.45, 2.75) is 12.5 Å². The van der Waals surface area contributed by atoms with E-state index in [9.17, 15) is 9.90 Å². The Labute approximate surface area is 105 Å². The number of phenolic OH excluding ortho intramolecular Hbond substituents is 1. The lowest BCUT2D eigenvalue weighted by atomic mass is 10.2. The summed E-state index contributed by atoms with van der Waals surface area (Å²) in [6.07, 6.45) is 0.905. The first-order valence-corrected chi connectivity index (χ1v) is 7.30. The number of aromatic hydroxyl groups is 1. The third kappa shape index (κ3) is 3.49. The fourth-order valence-electron chi connectivity index (χ4n) is 1.07. The van der Waals surface area contributed by atoms with E-state index in [-0.39, 0.29) is 11.3 Å². The van der Waals surface area contributed by atoms with E-state index in [1.165, 1.54) is 0 Å². The highest BCUT2D eigenvalue weighted by atomic mass is 127. The Kier molecular flexibility index (Phi) is 5.10. The van der Waals surface area contributed by atoms with Gasteiger partial charge in [-0.15, -0.1) is 0 Å². The highest BCUT2D eigenvalue weighted by molar-refractivity contribution is 14.1. The number of carbonyl (C=O) groups excluding carboxylic acids is 1. The molecular formula is C10H13IO3Si. The number of phenols is 1. The number of hydrogen-bond donors (Lipinski definition) is 1. The quantitative estimate of drug-likeness (QED) is 0.391. The molecule has 0 amide bonds. The summed E-state index contributed by atoms with van der Waals surface area (Å²) in [6.45, 7) is 0.438. The number of ether oxygens (including phenoxy) is 1. The number of benzene rings is 1. The van der Waals surface area contributed by atoms with Gasteiger partial charge in [-0.25, -0.2) is 4.79 Å². The second kappa shape index (κ2) is 6.11. The SMILES string of the molecule is O=C(OCCC[SiH3])c1cccc(I)c1O. The molecule has 3 nitrogen and oxygen atoms in total. The van der Waals surface area contributed by atoms with Gasteiger partial charge in [-0.2, -0.15) is 0 Å². The molecule has 0 aromatic heterocycles. The van der Waals surface area contributed by atoms with Gasteiger partial charge in [0.2, 0.25) is 0 Å². The normalized spacial score (nSPS) is 10.2.